The van der Waals surface area contributed by atoms with Crippen molar-refractivity contribution in [1.29, 1.82) is 0 Å². The summed E-state index contributed by atoms with van der Waals surface area (Å²) in [7, 11) is 1.54. The number of hydrogen-bond acceptors (Lipinski definition) is 3. The number of rotatable bonds is 11. The van der Waals surface area contributed by atoms with E-state index in [1.807, 2.05) is 13.0 Å². The Morgan fingerprint density at radius 3 is 2.48 bits per heavy atom. The van der Waals surface area contributed by atoms with Crippen LogP contribution in [0, 0.1) is 0 Å². The minimum Gasteiger partial charge on any atom is -0.504 e. The minimum absolute atomic E-state index is 0.0885. The number of phenols is 1. The van der Waals surface area contributed by atoms with Crippen LogP contribution in [-0.4, -0.2) is 18.1 Å². The van der Waals surface area contributed by atoms with E-state index in [4.69, 9.17) is 4.74 Å². The third kappa shape index (κ3) is 6.93. The first kappa shape index (κ1) is 19.3. The summed E-state index contributed by atoms with van der Waals surface area (Å²) in [6, 6.07) is 3.70. The molecule has 1 aromatic carbocycles. The summed E-state index contributed by atoms with van der Waals surface area (Å²) in [5, 5.41) is 12.9. The van der Waals surface area contributed by atoms with Crippen molar-refractivity contribution >= 4 is 5.91 Å². The van der Waals surface area contributed by atoms with Crippen molar-refractivity contribution in [3.05, 3.63) is 23.3 Å². The number of carbonyl (C=O) groups is 1. The highest BCUT2D eigenvalue weighted by molar-refractivity contribution is 5.75. The number of aromatic hydroxyl groups is 1. The van der Waals surface area contributed by atoms with Crippen LogP contribution in [0.2, 0.25) is 0 Å². The number of carbonyl (C=O) groups excluding carboxylic acids is 1. The van der Waals surface area contributed by atoms with Gasteiger partial charge in [0, 0.05) is 13.0 Å². The zero-order chi connectivity index (χ0) is 17.1. The Morgan fingerprint density at radius 1 is 1.13 bits per heavy atom. The molecule has 4 nitrogen and oxygen atoms in total. The standard InChI is InChI=1S/C19H31NO3/c1-4-6-7-8-9-10-11-18(21)20-14-15-12-16(5-2)19(22)17(13-15)23-3/h12-13,22H,4-11,14H2,1-3H3,(H,20,21). The summed E-state index contributed by atoms with van der Waals surface area (Å²) in [6.45, 7) is 4.66. The smallest absolute Gasteiger partial charge is 0.220 e. The molecule has 1 rings (SSSR count). The number of ether oxygens (including phenoxy) is 1. The highest BCUT2D eigenvalue weighted by Gasteiger charge is 2.10. The number of methoxy groups -OCH3 is 1. The SMILES string of the molecule is CCCCCCCCC(=O)NCc1cc(CC)c(O)c(OC)c1. The molecular formula is C19H31NO3. The normalized spacial score (nSPS) is 10.6. The molecule has 0 aliphatic carbocycles. The highest BCUT2D eigenvalue weighted by Crippen LogP contribution is 2.31. The van der Waals surface area contributed by atoms with Gasteiger partial charge in [0.25, 0.3) is 0 Å². The molecule has 130 valence electrons. The first-order valence-corrected chi connectivity index (χ1v) is 8.77. The molecule has 0 radical (unpaired) electrons. The van der Waals surface area contributed by atoms with Crippen molar-refractivity contribution in [3.8, 4) is 11.5 Å². The molecule has 0 aromatic heterocycles. The van der Waals surface area contributed by atoms with Crippen LogP contribution >= 0.6 is 0 Å². The van der Waals surface area contributed by atoms with E-state index in [2.05, 4.69) is 12.2 Å². The number of hydrogen-bond donors (Lipinski definition) is 2. The van der Waals surface area contributed by atoms with Crippen LogP contribution < -0.4 is 10.1 Å². The summed E-state index contributed by atoms with van der Waals surface area (Å²) in [5.74, 6) is 0.743. The van der Waals surface area contributed by atoms with E-state index in [1.54, 1.807) is 6.07 Å². The van der Waals surface area contributed by atoms with Gasteiger partial charge in [-0.05, 0) is 30.0 Å². The largest absolute Gasteiger partial charge is 0.504 e. The predicted molar refractivity (Wildman–Crippen MR) is 93.9 cm³/mol. The maximum Gasteiger partial charge on any atom is 0.220 e. The summed E-state index contributed by atoms with van der Waals surface area (Å²) in [5.41, 5.74) is 1.79. The second kappa shape index (κ2) is 10.9. The van der Waals surface area contributed by atoms with E-state index in [9.17, 15) is 9.90 Å². The molecular weight excluding hydrogens is 290 g/mol. The van der Waals surface area contributed by atoms with Crippen molar-refractivity contribution in [3.63, 3.8) is 0 Å². The van der Waals surface area contributed by atoms with E-state index < -0.39 is 0 Å². The fourth-order valence-corrected chi connectivity index (χ4v) is 2.61. The quantitative estimate of drug-likeness (QED) is 0.596. The third-order valence-corrected chi connectivity index (χ3v) is 4.06. The predicted octanol–water partition coefficient (Wildman–Crippen LogP) is 4.33. The Morgan fingerprint density at radius 2 is 1.83 bits per heavy atom. The molecule has 1 amide bonds. The van der Waals surface area contributed by atoms with Crippen LogP contribution in [0.25, 0.3) is 0 Å². The molecule has 1 aromatic rings. The monoisotopic (exact) mass is 321 g/mol. The summed E-state index contributed by atoms with van der Waals surface area (Å²) >= 11 is 0. The molecule has 0 heterocycles. The second-order valence-corrected chi connectivity index (χ2v) is 5.95. The summed E-state index contributed by atoms with van der Waals surface area (Å²) in [4.78, 5) is 11.9. The topological polar surface area (TPSA) is 58.6 Å². The lowest BCUT2D eigenvalue weighted by Crippen LogP contribution is -2.22. The van der Waals surface area contributed by atoms with Gasteiger partial charge in [-0.1, -0.05) is 52.0 Å². The fourth-order valence-electron chi connectivity index (χ4n) is 2.61. The number of unbranched alkanes of at least 4 members (excludes halogenated alkanes) is 5. The zero-order valence-electron chi connectivity index (χ0n) is 14.8. The lowest BCUT2D eigenvalue weighted by Gasteiger charge is -2.12. The molecule has 4 heteroatoms. The first-order chi connectivity index (χ1) is 11.1. The molecule has 2 N–H and O–H groups in total. The lowest BCUT2D eigenvalue weighted by atomic mass is 10.1. The molecule has 0 aliphatic heterocycles. The third-order valence-electron chi connectivity index (χ3n) is 4.06. The minimum atomic E-state index is 0.0885. The Labute approximate surface area is 140 Å². The number of aryl methyl sites for hydroxylation is 1. The van der Waals surface area contributed by atoms with Crippen LogP contribution in [0.15, 0.2) is 12.1 Å². The van der Waals surface area contributed by atoms with E-state index in [1.165, 1.54) is 32.8 Å². The number of benzene rings is 1. The van der Waals surface area contributed by atoms with Crippen LogP contribution in [0.5, 0.6) is 11.5 Å². The van der Waals surface area contributed by atoms with Crippen LogP contribution in [0.3, 0.4) is 0 Å². The van der Waals surface area contributed by atoms with Crippen LogP contribution in [0.4, 0.5) is 0 Å². The van der Waals surface area contributed by atoms with Gasteiger partial charge < -0.3 is 15.2 Å². The molecule has 0 bridgehead atoms. The number of nitrogens with one attached hydrogen (secondary N) is 1. The Kier molecular flexibility index (Phi) is 9.18. The second-order valence-electron chi connectivity index (χ2n) is 5.95. The first-order valence-electron chi connectivity index (χ1n) is 8.77. The lowest BCUT2D eigenvalue weighted by molar-refractivity contribution is -0.121. The van der Waals surface area contributed by atoms with Gasteiger partial charge >= 0.3 is 0 Å². The van der Waals surface area contributed by atoms with Crippen LogP contribution in [0.1, 0.15) is 69.9 Å². The van der Waals surface area contributed by atoms with Gasteiger partial charge in [-0.3, -0.25) is 4.79 Å². The summed E-state index contributed by atoms with van der Waals surface area (Å²) < 4.78 is 5.18. The van der Waals surface area contributed by atoms with Gasteiger partial charge in [-0.25, -0.2) is 0 Å². The van der Waals surface area contributed by atoms with E-state index >= 15 is 0 Å². The fraction of sp³-hybridized carbons (Fsp3) is 0.632. The maximum atomic E-state index is 11.9. The Bertz CT molecular complexity index is 460. The van der Waals surface area contributed by atoms with E-state index in [0.717, 1.165) is 30.4 Å². The molecule has 0 spiro atoms. The van der Waals surface area contributed by atoms with Crippen molar-refractivity contribution in [1.82, 2.24) is 5.32 Å². The zero-order valence-corrected chi connectivity index (χ0v) is 14.8. The van der Waals surface area contributed by atoms with Crippen molar-refractivity contribution in [2.45, 2.75) is 71.8 Å². The molecule has 0 unspecified atom stereocenters. The molecule has 23 heavy (non-hydrogen) atoms. The molecule has 0 saturated carbocycles. The van der Waals surface area contributed by atoms with E-state index in [0.29, 0.717) is 18.7 Å². The summed E-state index contributed by atoms with van der Waals surface area (Å²) in [6.07, 6.45) is 8.41. The Hall–Kier alpha value is -1.71. The Balaban J connectivity index is 2.38. The number of amides is 1. The van der Waals surface area contributed by atoms with Gasteiger partial charge in [-0.2, -0.15) is 0 Å². The molecule has 0 saturated heterocycles. The molecule has 0 fully saturated rings. The molecule has 0 atom stereocenters. The average Bonchev–Trinajstić information content (AvgIpc) is 2.56. The highest BCUT2D eigenvalue weighted by atomic mass is 16.5. The van der Waals surface area contributed by atoms with Crippen LogP contribution in [-0.2, 0) is 17.8 Å². The van der Waals surface area contributed by atoms with Crippen molar-refractivity contribution in [2.75, 3.05) is 7.11 Å². The van der Waals surface area contributed by atoms with Crippen molar-refractivity contribution < 1.29 is 14.6 Å². The van der Waals surface area contributed by atoms with E-state index in [-0.39, 0.29) is 11.7 Å². The van der Waals surface area contributed by atoms with Crippen molar-refractivity contribution in [2.24, 2.45) is 0 Å². The van der Waals surface area contributed by atoms with Gasteiger partial charge in [-0.15, -0.1) is 0 Å². The van der Waals surface area contributed by atoms with Gasteiger partial charge in [0.1, 0.15) is 0 Å². The van der Waals surface area contributed by atoms with Gasteiger partial charge in [0.05, 0.1) is 7.11 Å². The van der Waals surface area contributed by atoms with Gasteiger partial charge in [0.15, 0.2) is 11.5 Å². The average molecular weight is 321 g/mol. The molecule has 0 aliphatic rings. The maximum absolute atomic E-state index is 11.9. The van der Waals surface area contributed by atoms with Gasteiger partial charge in [0.2, 0.25) is 5.91 Å². The number of phenolic OH excluding ortho intramolecular Hbond substituents is 1.